The van der Waals surface area contributed by atoms with Gasteiger partial charge in [-0.2, -0.15) is 13.2 Å². The molecule has 0 atom stereocenters. The molecular weight excluding hydrogens is 317 g/mol. The summed E-state index contributed by atoms with van der Waals surface area (Å²) in [6.07, 6.45) is -1.11. The first-order valence-electron chi connectivity index (χ1n) is 6.82. The van der Waals surface area contributed by atoms with Crippen LogP contribution in [-0.4, -0.2) is 59.7 Å². The van der Waals surface area contributed by atoms with Crippen LogP contribution < -0.4 is 0 Å². The van der Waals surface area contributed by atoms with Crippen LogP contribution in [0, 0.1) is 0 Å². The molecule has 4 nitrogen and oxygen atoms in total. The predicted molar refractivity (Wildman–Crippen MR) is 78.4 cm³/mol. The summed E-state index contributed by atoms with van der Waals surface area (Å²) in [5.41, 5.74) is 0.790. The van der Waals surface area contributed by atoms with Crippen molar-refractivity contribution in [2.75, 3.05) is 32.7 Å². The molecule has 0 saturated carbocycles. The normalized spacial score (nSPS) is 17.4. The number of piperazine rings is 1. The number of nitrogens with zero attached hydrogens (tertiary/aromatic N) is 2. The second-order valence-electron chi connectivity index (χ2n) is 5.07. The first-order valence-corrected chi connectivity index (χ1v) is 7.70. The van der Waals surface area contributed by atoms with E-state index in [9.17, 15) is 18.0 Å². The van der Waals surface area contributed by atoms with Crippen LogP contribution in [0.1, 0.15) is 10.4 Å². The van der Waals surface area contributed by atoms with Gasteiger partial charge in [-0.15, -0.1) is 11.3 Å². The molecular formula is C14H17F3N2O2S. The summed E-state index contributed by atoms with van der Waals surface area (Å²) < 4.78 is 36.9. The van der Waals surface area contributed by atoms with Gasteiger partial charge in [0.1, 0.15) is 0 Å². The molecule has 0 aliphatic carbocycles. The highest BCUT2D eigenvalue weighted by Gasteiger charge is 2.32. The molecule has 22 heavy (non-hydrogen) atoms. The quantitative estimate of drug-likeness (QED) is 0.856. The van der Waals surface area contributed by atoms with E-state index in [0.717, 1.165) is 10.4 Å². The van der Waals surface area contributed by atoms with E-state index >= 15 is 0 Å². The molecule has 0 aromatic carbocycles. The average Bonchev–Trinajstić information content (AvgIpc) is 2.92. The standard InChI is InChI=1S/C14H17F3N2O2S/c15-14(16,17)10-18-3-5-19(6-4-18)13(21)2-1-12-7-11(8-20)9-22-12/h1-2,7,9,20H,3-6,8,10H2. The summed E-state index contributed by atoms with van der Waals surface area (Å²) in [5.74, 6) is -0.203. The average molecular weight is 334 g/mol. The summed E-state index contributed by atoms with van der Waals surface area (Å²) in [4.78, 5) is 15.7. The number of aliphatic hydroxyl groups is 1. The van der Waals surface area contributed by atoms with E-state index in [1.807, 2.05) is 0 Å². The monoisotopic (exact) mass is 334 g/mol. The number of amides is 1. The predicted octanol–water partition coefficient (Wildman–Crippen LogP) is 1.96. The summed E-state index contributed by atoms with van der Waals surface area (Å²) in [7, 11) is 0. The van der Waals surface area contributed by atoms with E-state index in [4.69, 9.17) is 5.11 Å². The maximum Gasteiger partial charge on any atom is 0.401 e. The minimum atomic E-state index is -4.20. The lowest BCUT2D eigenvalue weighted by atomic mass is 10.2. The summed E-state index contributed by atoms with van der Waals surface area (Å²) >= 11 is 1.42. The van der Waals surface area contributed by atoms with Crippen molar-refractivity contribution in [3.8, 4) is 0 Å². The number of halogens is 3. The molecule has 2 rings (SSSR count). The van der Waals surface area contributed by atoms with Crippen molar-refractivity contribution in [2.45, 2.75) is 12.8 Å². The van der Waals surface area contributed by atoms with Crippen LogP contribution in [0.25, 0.3) is 6.08 Å². The number of hydrogen-bond acceptors (Lipinski definition) is 4. The Kier molecular flexibility index (Phi) is 5.60. The third kappa shape index (κ3) is 5.11. The SMILES string of the molecule is O=C(C=Cc1cc(CO)cs1)N1CCN(CC(F)(F)F)CC1. The third-order valence-corrected chi connectivity index (χ3v) is 4.28. The summed E-state index contributed by atoms with van der Waals surface area (Å²) in [5, 5.41) is 10.8. The van der Waals surface area contributed by atoms with Gasteiger partial charge in [-0.25, -0.2) is 0 Å². The van der Waals surface area contributed by atoms with Crippen LogP contribution >= 0.6 is 11.3 Å². The van der Waals surface area contributed by atoms with Crippen molar-refractivity contribution in [2.24, 2.45) is 0 Å². The Morgan fingerprint density at radius 2 is 2.00 bits per heavy atom. The minimum Gasteiger partial charge on any atom is -0.392 e. The molecule has 1 aromatic heterocycles. The summed E-state index contributed by atoms with van der Waals surface area (Å²) in [6.45, 7) is 0.0835. The Morgan fingerprint density at radius 1 is 1.32 bits per heavy atom. The highest BCUT2D eigenvalue weighted by Crippen LogP contribution is 2.18. The molecule has 0 radical (unpaired) electrons. The topological polar surface area (TPSA) is 43.8 Å². The zero-order chi connectivity index (χ0) is 16.2. The fourth-order valence-electron chi connectivity index (χ4n) is 2.20. The minimum absolute atomic E-state index is 0.0422. The zero-order valence-electron chi connectivity index (χ0n) is 11.8. The maximum absolute atomic E-state index is 12.3. The van der Waals surface area contributed by atoms with Crippen LogP contribution in [0.4, 0.5) is 13.2 Å². The maximum atomic E-state index is 12.3. The van der Waals surface area contributed by atoms with Crippen LogP contribution in [0.2, 0.25) is 0 Å². The third-order valence-electron chi connectivity index (χ3n) is 3.33. The number of hydrogen-bond donors (Lipinski definition) is 1. The van der Waals surface area contributed by atoms with Crippen LogP contribution in [0.5, 0.6) is 0 Å². The van der Waals surface area contributed by atoms with Gasteiger partial charge >= 0.3 is 6.18 Å². The highest BCUT2D eigenvalue weighted by molar-refractivity contribution is 7.11. The fourth-order valence-corrected chi connectivity index (χ4v) is 3.00. The molecule has 1 N–H and O–H groups in total. The van der Waals surface area contributed by atoms with Gasteiger partial charge in [0.2, 0.25) is 5.91 Å². The van der Waals surface area contributed by atoms with Gasteiger partial charge < -0.3 is 10.0 Å². The van der Waals surface area contributed by atoms with Crippen molar-refractivity contribution in [3.63, 3.8) is 0 Å². The molecule has 0 bridgehead atoms. The van der Waals surface area contributed by atoms with Crippen molar-refractivity contribution in [3.05, 3.63) is 28.0 Å². The number of aliphatic hydroxyl groups excluding tert-OH is 1. The summed E-state index contributed by atoms with van der Waals surface area (Å²) in [6, 6.07) is 1.79. The van der Waals surface area contributed by atoms with Crippen molar-refractivity contribution in [1.82, 2.24) is 9.80 Å². The second kappa shape index (κ2) is 7.26. The van der Waals surface area contributed by atoms with E-state index in [1.165, 1.54) is 22.3 Å². The van der Waals surface area contributed by atoms with Gasteiger partial charge in [-0.1, -0.05) is 0 Å². The van der Waals surface area contributed by atoms with Crippen LogP contribution in [0.3, 0.4) is 0 Å². The van der Waals surface area contributed by atoms with Crippen molar-refractivity contribution in [1.29, 1.82) is 0 Å². The molecule has 2 heterocycles. The van der Waals surface area contributed by atoms with Crippen LogP contribution in [-0.2, 0) is 11.4 Å². The number of carbonyl (C=O) groups excluding carboxylic acids is 1. The van der Waals surface area contributed by atoms with E-state index in [2.05, 4.69) is 0 Å². The Labute approximate surface area is 130 Å². The zero-order valence-corrected chi connectivity index (χ0v) is 12.7. The molecule has 122 valence electrons. The largest absolute Gasteiger partial charge is 0.401 e. The molecule has 1 aliphatic rings. The Balaban J connectivity index is 1.82. The first kappa shape index (κ1) is 17.0. The highest BCUT2D eigenvalue weighted by atomic mass is 32.1. The Bertz CT molecular complexity index is 534. The van der Waals surface area contributed by atoms with Crippen LogP contribution in [0.15, 0.2) is 17.5 Å². The van der Waals surface area contributed by atoms with Gasteiger partial charge in [-0.05, 0) is 23.1 Å². The van der Waals surface area contributed by atoms with Gasteiger partial charge in [0.05, 0.1) is 13.2 Å². The van der Waals surface area contributed by atoms with E-state index in [0.29, 0.717) is 13.1 Å². The first-order chi connectivity index (χ1) is 10.4. The van der Waals surface area contributed by atoms with E-state index in [1.54, 1.807) is 22.4 Å². The molecule has 1 amide bonds. The van der Waals surface area contributed by atoms with Crippen molar-refractivity contribution < 1.29 is 23.1 Å². The van der Waals surface area contributed by atoms with Crippen molar-refractivity contribution >= 4 is 23.3 Å². The number of carbonyl (C=O) groups is 1. The smallest absolute Gasteiger partial charge is 0.392 e. The molecule has 0 unspecified atom stereocenters. The van der Waals surface area contributed by atoms with Gasteiger partial charge in [-0.3, -0.25) is 9.69 Å². The number of thiophene rings is 1. The molecule has 1 aliphatic heterocycles. The lowest BCUT2D eigenvalue weighted by Gasteiger charge is -2.34. The van der Waals surface area contributed by atoms with E-state index < -0.39 is 12.7 Å². The molecule has 1 aromatic rings. The molecule has 1 saturated heterocycles. The number of rotatable bonds is 4. The van der Waals surface area contributed by atoms with Gasteiger partial charge in [0.15, 0.2) is 0 Å². The Hall–Kier alpha value is -1.38. The Morgan fingerprint density at radius 3 is 2.55 bits per heavy atom. The lowest BCUT2D eigenvalue weighted by molar-refractivity contribution is -0.150. The second-order valence-corrected chi connectivity index (χ2v) is 6.01. The number of alkyl halides is 3. The van der Waals surface area contributed by atoms with Gasteiger partial charge in [0.25, 0.3) is 0 Å². The van der Waals surface area contributed by atoms with Gasteiger partial charge in [0, 0.05) is 37.1 Å². The fraction of sp³-hybridized carbons (Fsp3) is 0.500. The molecule has 8 heteroatoms. The lowest BCUT2D eigenvalue weighted by Crippen LogP contribution is -2.50. The molecule has 1 fully saturated rings. The van der Waals surface area contributed by atoms with E-state index in [-0.39, 0.29) is 25.6 Å². The molecule has 0 spiro atoms.